The molecule has 14 heavy (non-hydrogen) atoms. The molecule has 2 N–H and O–H groups in total. The van der Waals surface area contributed by atoms with Crippen LogP contribution < -0.4 is 5.73 Å². The maximum atomic E-state index is 6.22. The van der Waals surface area contributed by atoms with Gasteiger partial charge in [-0.25, -0.2) is 0 Å². The Labute approximate surface area is 88.9 Å². The monoisotopic (exact) mass is 196 g/mol. The molecule has 1 atom stereocenters. The van der Waals surface area contributed by atoms with Crippen molar-refractivity contribution in [2.75, 3.05) is 14.1 Å². The van der Waals surface area contributed by atoms with Crippen molar-refractivity contribution in [2.24, 2.45) is 5.73 Å². The zero-order valence-electron chi connectivity index (χ0n) is 10.0. The number of rotatable bonds is 6. The van der Waals surface area contributed by atoms with Crippen LogP contribution in [-0.4, -0.2) is 30.6 Å². The molecule has 0 aliphatic carbocycles. The molecule has 0 amide bonds. The molecule has 0 aromatic rings. The zero-order chi connectivity index (χ0) is 11.2. The molecule has 0 bridgehead atoms. The number of nitrogens with zero attached hydrogens (tertiary/aromatic N) is 1. The molecule has 0 heterocycles. The topological polar surface area (TPSA) is 29.3 Å². The van der Waals surface area contributed by atoms with Gasteiger partial charge in [-0.2, -0.15) is 0 Å². The smallest absolute Gasteiger partial charge is 0.0349 e. The van der Waals surface area contributed by atoms with E-state index in [0.29, 0.717) is 0 Å². The molecule has 0 spiro atoms. The molecule has 0 saturated carbocycles. The van der Waals surface area contributed by atoms with Gasteiger partial charge in [0.05, 0.1) is 0 Å². The van der Waals surface area contributed by atoms with Crippen LogP contribution in [0.25, 0.3) is 0 Å². The standard InChI is InChI=1S/C12H24N2/c1-6-9-10-11(13)12(7-2,8-3)14(4)5/h1,11H,7-10,13H2,2-5H3. The van der Waals surface area contributed by atoms with Crippen LogP contribution in [0.1, 0.15) is 39.5 Å². The third kappa shape index (κ3) is 2.73. The van der Waals surface area contributed by atoms with Gasteiger partial charge in [-0.3, -0.25) is 0 Å². The lowest BCUT2D eigenvalue weighted by molar-refractivity contribution is 0.102. The van der Waals surface area contributed by atoms with E-state index in [1.807, 2.05) is 0 Å². The van der Waals surface area contributed by atoms with E-state index in [0.717, 1.165) is 25.7 Å². The second-order valence-electron chi connectivity index (χ2n) is 4.05. The highest BCUT2D eigenvalue weighted by Gasteiger charge is 2.34. The lowest BCUT2D eigenvalue weighted by atomic mass is 9.81. The SMILES string of the molecule is C#CCCC(N)C(CC)(CC)N(C)C. The molecular weight excluding hydrogens is 172 g/mol. The Hall–Kier alpha value is -0.520. The maximum absolute atomic E-state index is 6.22. The summed E-state index contributed by atoms with van der Waals surface area (Å²) in [6.07, 6.45) is 9.09. The van der Waals surface area contributed by atoms with E-state index >= 15 is 0 Å². The largest absolute Gasteiger partial charge is 0.326 e. The average molecular weight is 196 g/mol. The minimum atomic E-state index is 0.108. The van der Waals surface area contributed by atoms with Crippen LogP contribution in [-0.2, 0) is 0 Å². The molecule has 2 heteroatoms. The second-order valence-corrected chi connectivity index (χ2v) is 4.05. The summed E-state index contributed by atoms with van der Waals surface area (Å²) in [4.78, 5) is 2.24. The van der Waals surface area contributed by atoms with Crippen molar-refractivity contribution in [1.82, 2.24) is 4.90 Å². The van der Waals surface area contributed by atoms with Crippen LogP contribution in [0.2, 0.25) is 0 Å². The van der Waals surface area contributed by atoms with Crippen LogP contribution in [0.4, 0.5) is 0 Å². The van der Waals surface area contributed by atoms with Crippen molar-refractivity contribution >= 4 is 0 Å². The normalized spacial score (nSPS) is 14.1. The first-order valence-electron chi connectivity index (χ1n) is 5.41. The number of nitrogens with two attached hydrogens (primary N) is 1. The summed E-state index contributed by atoms with van der Waals surface area (Å²) >= 11 is 0. The van der Waals surface area contributed by atoms with Gasteiger partial charge in [-0.1, -0.05) is 13.8 Å². The van der Waals surface area contributed by atoms with E-state index < -0.39 is 0 Å². The highest BCUT2D eigenvalue weighted by molar-refractivity contribution is 4.97. The summed E-state index contributed by atoms with van der Waals surface area (Å²) in [5.41, 5.74) is 6.33. The molecule has 0 aromatic carbocycles. The van der Waals surface area contributed by atoms with Gasteiger partial charge in [-0.05, 0) is 33.4 Å². The number of hydrogen-bond donors (Lipinski definition) is 1. The summed E-state index contributed by atoms with van der Waals surface area (Å²) in [7, 11) is 4.20. The van der Waals surface area contributed by atoms with Gasteiger partial charge in [0.1, 0.15) is 0 Å². The fourth-order valence-corrected chi connectivity index (χ4v) is 2.25. The van der Waals surface area contributed by atoms with Crippen molar-refractivity contribution in [3.05, 3.63) is 0 Å². The van der Waals surface area contributed by atoms with E-state index in [-0.39, 0.29) is 11.6 Å². The predicted octanol–water partition coefficient (Wildman–Crippen LogP) is 1.85. The minimum absolute atomic E-state index is 0.108. The van der Waals surface area contributed by atoms with Crippen molar-refractivity contribution in [3.8, 4) is 12.3 Å². The maximum Gasteiger partial charge on any atom is 0.0349 e. The van der Waals surface area contributed by atoms with E-state index in [1.54, 1.807) is 0 Å². The summed E-state index contributed by atoms with van der Waals surface area (Å²) in [6, 6.07) is 0.170. The predicted molar refractivity (Wildman–Crippen MR) is 63.0 cm³/mol. The summed E-state index contributed by atoms with van der Waals surface area (Å²) in [5.74, 6) is 2.66. The molecule has 0 fully saturated rings. The Balaban J connectivity index is 4.55. The Bertz CT molecular complexity index is 187. The van der Waals surface area contributed by atoms with Gasteiger partial charge in [-0.15, -0.1) is 12.3 Å². The molecule has 1 unspecified atom stereocenters. The van der Waals surface area contributed by atoms with Crippen molar-refractivity contribution in [2.45, 2.75) is 51.1 Å². The second kappa shape index (κ2) is 6.06. The van der Waals surface area contributed by atoms with Gasteiger partial charge in [0.15, 0.2) is 0 Å². The fourth-order valence-electron chi connectivity index (χ4n) is 2.25. The molecule has 0 aliphatic rings. The quantitative estimate of drug-likeness (QED) is 0.657. The first-order valence-corrected chi connectivity index (χ1v) is 5.41. The molecular formula is C12H24N2. The average Bonchev–Trinajstić information content (AvgIpc) is 2.17. The molecule has 0 saturated heterocycles. The van der Waals surface area contributed by atoms with Gasteiger partial charge in [0.25, 0.3) is 0 Å². The summed E-state index contributed by atoms with van der Waals surface area (Å²) in [6.45, 7) is 4.39. The fraction of sp³-hybridized carbons (Fsp3) is 0.833. The molecule has 0 rings (SSSR count). The highest BCUT2D eigenvalue weighted by Crippen LogP contribution is 2.26. The molecule has 0 radical (unpaired) electrons. The van der Waals surface area contributed by atoms with Crippen LogP contribution in [0, 0.1) is 12.3 Å². The summed E-state index contributed by atoms with van der Waals surface area (Å²) < 4.78 is 0. The van der Waals surface area contributed by atoms with Gasteiger partial charge in [0.2, 0.25) is 0 Å². The van der Waals surface area contributed by atoms with Crippen LogP contribution in [0.15, 0.2) is 0 Å². The van der Waals surface area contributed by atoms with Gasteiger partial charge in [0, 0.05) is 18.0 Å². The lowest BCUT2D eigenvalue weighted by Crippen LogP contribution is -2.56. The minimum Gasteiger partial charge on any atom is -0.326 e. The van der Waals surface area contributed by atoms with Crippen molar-refractivity contribution in [3.63, 3.8) is 0 Å². The van der Waals surface area contributed by atoms with E-state index in [1.165, 1.54) is 0 Å². The first kappa shape index (κ1) is 13.5. The third-order valence-electron chi connectivity index (χ3n) is 3.41. The third-order valence-corrected chi connectivity index (χ3v) is 3.41. The van der Waals surface area contributed by atoms with Gasteiger partial charge >= 0.3 is 0 Å². The highest BCUT2D eigenvalue weighted by atomic mass is 15.2. The van der Waals surface area contributed by atoms with Crippen LogP contribution in [0.3, 0.4) is 0 Å². The van der Waals surface area contributed by atoms with Crippen molar-refractivity contribution < 1.29 is 0 Å². The Morgan fingerprint density at radius 2 is 1.86 bits per heavy atom. The van der Waals surface area contributed by atoms with E-state index in [4.69, 9.17) is 12.2 Å². The summed E-state index contributed by atoms with van der Waals surface area (Å²) in [5, 5.41) is 0. The molecule has 82 valence electrons. The Morgan fingerprint density at radius 1 is 1.36 bits per heavy atom. The van der Waals surface area contributed by atoms with Crippen LogP contribution in [0.5, 0.6) is 0 Å². The molecule has 0 aliphatic heterocycles. The Morgan fingerprint density at radius 3 is 2.14 bits per heavy atom. The van der Waals surface area contributed by atoms with Crippen molar-refractivity contribution in [1.29, 1.82) is 0 Å². The lowest BCUT2D eigenvalue weighted by Gasteiger charge is -2.43. The van der Waals surface area contributed by atoms with Crippen LogP contribution >= 0.6 is 0 Å². The first-order chi connectivity index (χ1) is 6.55. The number of likely N-dealkylation sites (N-methyl/N-ethyl adjacent to an activating group) is 1. The Kier molecular flexibility index (Phi) is 5.83. The number of hydrogen-bond acceptors (Lipinski definition) is 2. The molecule has 0 aromatic heterocycles. The van der Waals surface area contributed by atoms with E-state index in [2.05, 4.69) is 38.8 Å². The van der Waals surface area contributed by atoms with Gasteiger partial charge < -0.3 is 10.6 Å². The zero-order valence-corrected chi connectivity index (χ0v) is 10.0. The van der Waals surface area contributed by atoms with E-state index in [9.17, 15) is 0 Å². The molecule has 2 nitrogen and oxygen atoms in total. The number of terminal acetylenes is 1.